The molecule has 1 heterocycles. The van der Waals surface area contributed by atoms with Crippen LogP contribution in [0.2, 0.25) is 5.02 Å². The highest BCUT2D eigenvalue weighted by molar-refractivity contribution is 6.30. The van der Waals surface area contributed by atoms with Gasteiger partial charge in [-0.1, -0.05) is 11.6 Å². The molecule has 1 saturated heterocycles. The molecule has 1 aromatic carbocycles. The van der Waals surface area contributed by atoms with Crippen LogP contribution in [0.5, 0.6) is 0 Å². The summed E-state index contributed by atoms with van der Waals surface area (Å²) < 4.78 is 66.3. The number of nitrogens with zero attached hydrogens (tertiary/aromatic N) is 1. The fourth-order valence-corrected chi connectivity index (χ4v) is 2.64. The highest BCUT2D eigenvalue weighted by Crippen LogP contribution is 2.37. The highest BCUT2D eigenvalue weighted by Gasteiger charge is 2.38. The molecule has 0 radical (unpaired) electrons. The van der Waals surface area contributed by atoms with Crippen molar-refractivity contribution in [1.29, 1.82) is 0 Å². The number of piperazine rings is 1. The van der Waals surface area contributed by atoms with Crippen LogP contribution in [0.3, 0.4) is 0 Å². The van der Waals surface area contributed by atoms with E-state index in [0.29, 0.717) is 13.1 Å². The lowest BCUT2D eigenvalue weighted by molar-refractivity contribution is -0.149. The Kier molecular flexibility index (Phi) is 9.09. The zero-order valence-electron chi connectivity index (χ0n) is 11.8. The van der Waals surface area contributed by atoms with Crippen LogP contribution >= 0.6 is 36.4 Å². The van der Waals surface area contributed by atoms with Gasteiger partial charge in [0.25, 0.3) is 0 Å². The molecule has 1 atom stereocenters. The third-order valence-corrected chi connectivity index (χ3v) is 3.72. The van der Waals surface area contributed by atoms with Gasteiger partial charge in [-0.25, -0.2) is 8.78 Å². The van der Waals surface area contributed by atoms with Crippen molar-refractivity contribution in [3.8, 4) is 0 Å². The van der Waals surface area contributed by atoms with E-state index in [2.05, 4.69) is 5.32 Å². The Labute approximate surface area is 148 Å². The fourth-order valence-electron chi connectivity index (χ4n) is 2.47. The summed E-state index contributed by atoms with van der Waals surface area (Å²) in [7, 11) is 0. The molecule has 0 saturated carbocycles. The van der Waals surface area contributed by atoms with E-state index >= 15 is 0 Å². The quantitative estimate of drug-likeness (QED) is 0.598. The van der Waals surface area contributed by atoms with E-state index in [1.54, 1.807) is 0 Å². The molecule has 0 aromatic heterocycles. The minimum absolute atomic E-state index is 0. The van der Waals surface area contributed by atoms with E-state index in [0.717, 1.165) is 12.1 Å². The first-order valence-corrected chi connectivity index (χ1v) is 6.82. The van der Waals surface area contributed by atoms with Gasteiger partial charge in [0.05, 0.1) is 11.4 Å². The van der Waals surface area contributed by atoms with Crippen molar-refractivity contribution in [2.24, 2.45) is 0 Å². The Morgan fingerprint density at radius 3 is 2.22 bits per heavy atom. The standard InChI is InChI=1S/C13H14ClF5N2.2ClH/c14-8-1-2-9(15)11(12(8)16)10(7-13(17,18)19)21-5-3-20-4-6-21;;/h1-2,10,20H,3-7H2;2*1H/t10-;;/m1../s1. The molecule has 0 bridgehead atoms. The minimum Gasteiger partial charge on any atom is -0.314 e. The van der Waals surface area contributed by atoms with Crippen LogP contribution in [0.25, 0.3) is 0 Å². The van der Waals surface area contributed by atoms with Gasteiger partial charge in [-0.05, 0) is 12.1 Å². The van der Waals surface area contributed by atoms with E-state index in [-0.39, 0.29) is 42.9 Å². The van der Waals surface area contributed by atoms with Gasteiger partial charge >= 0.3 is 6.18 Å². The van der Waals surface area contributed by atoms with Crippen molar-refractivity contribution in [1.82, 2.24) is 10.2 Å². The maximum Gasteiger partial charge on any atom is 0.390 e. The first-order chi connectivity index (χ1) is 9.79. The number of benzene rings is 1. The van der Waals surface area contributed by atoms with Crippen LogP contribution in [0.15, 0.2) is 12.1 Å². The molecule has 23 heavy (non-hydrogen) atoms. The molecule has 10 heteroatoms. The molecule has 2 nitrogen and oxygen atoms in total. The molecular formula is C13H16Cl3F5N2. The third kappa shape index (κ3) is 5.90. The molecule has 1 fully saturated rings. The Balaban J connectivity index is 0.00000242. The normalized spacial score (nSPS) is 17.1. The molecule has 1 aliphatic rings. The molecule has 134 valence electrons. The van der Waals surface area contributed by atoms with Gasteiger partial charge in [0.15, 0.2) is 0 Å². The highest BCUT2D eigenvalue weighted by atomic mass is 35.5. The van der Waals surface area contributed by atoms with Crippen LogP contribution in [-0.4, -0.2) is 37.3 Å². The van der Waals surface area contributed by atoms with Crippen LogP contribution in [-0.2, 0) is 0 Å². The van der Waals surface area contributed by atoms with Gasteiger partial charge in [-0.15, -0.1) is 24.8 Å². The Bertz CT molecular complexity index is 507. The second-order valence-electron chi connectivity index (χ2n) is 4.88. The lowest BCUT2D eigenvalue weighted by Gasteiger charge is -2.36. The van der Waals surface area contributed by atoms with Crippen LogP contribution in [0, 0.1) is 11.6 Å². The summed E-state index contributed by atoms with van der Waals surface area (Å²) in [5.74, 6) is -2.13. The molecule has 2 rings (SSSR count). The molecule has 0 amide bonds. The van der Waals surface area contributed by atoms with Crippen LogP contribution in [0.1, 0.15) is 18.0 Å². The molecule has 0 aliphatic carbocycles. The largest absolute Gasteiger partial charge is 0.390 e. The number of hydrogen-bond donors (Lipinski definition) is 1. The van der Waals surface area contributed by atoms with Crippen LogP contribution < -0.4 is 5.32 Å². The first kappa shape index (κ1) is 22.7. The maximum absolute atomic E-state index is 14.1. The number of rotatable bonds is 3. The number of halogens is 8. The predicted octanol–water partition coefficient (Wildman–Crippen LogP) is 4.36. The maximum atomic E-state index is 14.1. The van der Waals surface area contributed by atoms with E-state index in [1.807, 2.05) is 0 Å². The predicted molar refractivity (Wildman–Crippen MR) is 83.7 cm³/mol. The summed E-state index contributed by atoms with van der Waals surface area (Å²) in [6.07, 6.45) is -5.85. The Morgan fingerprint density at radius 1 is 1.13 bits per heavy atom. The zero-order valence-corrected chi connectivity index (χ0v) is 14.2. The van der Waals surface area contributed by atoms with E-state index < -0.39 is 35.8 Å². The van der Waals surface area contributed by atoms with Gasteiger partial charge in [-0.2, -0.15) is 13.2 Å². The van der Waals surface area contributed by atoms with Crippen molar-refractivity contribution in [2.45, 2.75) is 18.6 Å². The van der Waals surface area contributed by atoms with Crippen LogP contribution in [0.4, 0.5) is 22.0 Å². The van der Waals surface area contributed by atoms with Crippen molar-refractivity contribution in [3.05, 3.63) is 34.4 Å². The SMILES string of the molecule is Cl.Cl.Fc1ccc(Cl)c(F)c1[C@@H](CC(F)(F)F)N1CCNCC1. The average Bonchev–Trinajstić information content (AvgIpc) is 2.42. The topological polar surface area (TPSA) is 15.3 Å². The van der Waals surface area contributed by atoms with Gasteiger partial charge in [0.1, 0.15) is 11.6 Å². The van der Waals surface area contributed by atoms with Gasteiger partial charge < -0.3 is 5.32 Å². The monoisotopic (exact) mass is 400 g/mol. The van der Waals surface area contributed by atoms with Crippen molar-refractivity contribution in [3.63, 3.8) is 0 Å². The first-order valence-electron chi connectivity index (χ1n) is 6.44. The lowest BCUT2D eigenvalue weighted by Crippen LogP contribution is -2.46. The summed E-state index contributed by atoms with van der Waals surface area (Å²) in [4.78, 5) is 1.43. The van der Waals surface area contributed by atoms with Gasteiger partial charge in [0, 0.05) is 37.8 Å². The van der Waals surface area contributed by atoms with Crippen molar-refractivity contribution < 1.29 is 22.0 Å². The van der Waals surface area contributed by atoms with Gasteiger partial charge in [0.2, 0.25) is 0 Å². The molecule has 0 spiro atoms. The third-order valence-electron chi connectivity index (χ3n) is 3.43. The zero-order chi connectivity index (χ0) is 15.6. The second kappa shape index (κ2) is 9.22. The Hall–Kier alpha value is -0.340. The molecule has 0 unspecified atom stereocenters. The van der Waals surface area contributed by atoms with E-state index in [4.69, 9.17) is 11.6 Å². The summed E-state index contributed by atoms with van der Waals surface area (Å²) in [5.41, 5.74) is -0.610. The summed E-state index contributed by atoms with van der Waals surface area (Å²) >= 11 is 5.59. The van der Waals surface area contributed by atoms with Gasteiger partial charge in [-0.3, -0.25) is 4.90 Å². The summed E-state index contributed by atoms with van der Waals surface area (Å²) in [5, 5.41) is 2.61. The fraction of sp³-hybridized carbons (Fsp3) is 0.538. The molecular weight excluding hydrogens is 386 g/mol. The number of hydrogen-bond acceptors (Lipinski definition) is 2. The summed E-state index contributed by atoms with van der Waals surface area (Å²) in [6, 6.07) is 0.482. The molecule has 1 aromatic rings. The lowest BCUT2D eigenvalue weighted by atomic mass is 9.99. The van der Waals surface area contributed by atoms with E-state index in [9.17, 15) is 22.0 Å². The molecule has 1 N–H and O–H groups in total. The molecule has 1 aliphatic heterocycles. The number of alkyl halides is 3. The van der Waals surface area contributed by atoms with Crippen molar-refractivity contribution >= 4 is 36.4 Å². The summed E-state index contributed by atoms with van der Waals surface area (Å²) in [6.45, 7) is 1.51. The second-order valence-corrected chi connectivity index (χ2v) is 5.29. The van der Waals surface area contributed by atoms with Crippen molar-refractivity contribution in [2.75, 3.05) is 26.2 Å². The smallest absolute Gasteiger partial charge is 0.314 e. The number of nitrogens with one attached hydrogen (secondary N) is 1. The average molecular weight is 402 g/mol. The minimum atomic E-state index is -4.53. The Morgan fingerprint density at radius 2 is 1.70 bits per heavy atom. The van der Waals surface area contributed by atoms with E-state index in [1.165, 1.54) is 4.90 Å².